The number of hydrogen-bond donors (Lipinski definition) is 1. The summed E-state index contributed by atoms with van der Waals surface area (Å²) in [7, 11) is 1.59. The Morgan fingerprint density at radius 3 is 2.63 bits per heavy atom. The molecule has 4 heterocycles. The predicted octanol–water partition coefficient (Wildman–Crippen LogP) is 1.63. The number of anilines is 1. The van der Waals surface area contributed by atoms with Crippen LogP contribution in [0, 0.1) is 0 Å². The maximum Gasteiger partial charge on any atom is 0.275 e. The first-order valence-corrected chi connectivity index (χ1v) is 12.5. The normalized spacial score (nSPS) is 20.4. The van der Waals surface area contributed by atoms with Gasteiger partial charge in [0.05, 0.1) is 12.2 Å². The monoisotopic (exact) mass is 537 g/mol. The highest BCUT2D eigenvalue weighted by atomic mass is 35.5. The molecule has 0 saturated heterocycles. The van der Waals surface area contributed by atoms with Gasteiger partial charge < -0.3 is 29.7 Å². The summed E-state index contributed by atoms with van der Waals surface area (Å²) in [5.41, 5.74) is 7.69. The lowest BCUT2D eigenvalue weighted by Gasteiger charge is -2.33. The molecule has 2 atom stereocenters. The Balaban J connectivity index is 1.25. The average molecular weight is 538 g/mol. The standard InChI is InChI=1S/C26H24ClN5O6/c1-30-16-9-20-19(37-13-21(38-20)24(28)33)10-18(16)36-12-17(25(30)34)31-8-7-15-22(26(31)35)29-32(23(15)27)11-14-5-3-2-4-6-14/h2-6,9-10,17,21H,7-8,11-13H2,1H3,(H2,28,33)/t17-,21?/m0/s1. The molecule has 1 unspecified atom stereocenters. The van der Waals surface area contributed by atoms with Crippen LogP contribution in [0.5, 0.6) is 17.2 Å². The topological polar surface area (TPSA) is 129 Å². The minimum absolute atomic E-state index is 0.0252. The van der Waals surface area contributed by atoms with Crippen LogP contribution in [0.25, 0.3) is 0 Å². The van der Waals surface area contributed by atoms with Gasteiger partial charge in [0.1, 0.15) is 30.2 Å². The number of carbonyl (C=O) groups is 3. The summed E-state index contributed by atoms with van der Waals surface area (Å²) in [6.45, 7) is 0.631. The third-order valence-corrected chi connectivity index (χ3v) is 7.40. The number of aromatic nitrogens is 2. The number of primary amides is 1. The first-order chi connectivity index (χ1) is 18.3. The number of carbonyl (C=O) groups excluding carboxylic acids is 3. The summed E-state index contributed by atoms with van der Waals surface area (Å²) in [4.78, 5) is 41.6. The predicted molar refractivity (Wildman–Crippen MR) is 136 cm³/mol. The average Bonchev–Trinajstić information content (AvgIpc) is 3.18. The number of ether oxygens (including phenoxy) is 3. The molecule has 0 saturated carbocycles. The number of fused-ring (bicyclic) bond motifs is 3. The van der Waals surface area contributed by atoms with Crippen LogP contribution in [-0.2, 0) is 22.6 Å². The van der Waals surface area contributed by atoms with Gasteiger partial charge in [-0.15, -0.1) is 0 Å². The van der Waals surface area contributed by atoms with Crippen molar-refractivity contribution in [3.05, 3.63) is 64.4 Å². The van der Waals surface area contributed by atoms with Crippen molar-refractivity contribution >= 4 is 35.0 Å². The molecule has 38 heavy (non-hydrogen) atoms. The largest absolute Gasteiger partial charge is 0.489 e. The lowest BCUT2D eigenvalue weighted by Crippen LogP contribution is -2.54. The second-order valence-electron chi connectivity index (χ2n) is 9.32. The number of nitrogens with zero attached hydrogens (tertiary/aromatic N) is 4. The van der Waals surface area contributed by atoms with E-state index in [-0.39, 0.29) is 43.0 Å². The van der Waals surface area contributed by atoms with E-state index >= 15 is 0 Å². The van der Waals surface area contributed by atoms with Crippen molar-refractivity contribution in [1.82, 2.24) is 14.7 Å². The quantitative estimate of drug-likeness (QED) is 0.535. The van der Waals surface area contributed by atoms with Gasteiger partial charge in [-0.2, -0.15) is 5.10 Å². The van der Waals surface area contributed by atoms with Gasteiger partial charge in [-0.05, 0) is 12.0 Å². The Morgan fingerprint density at radius 2 is 1.87 bits per heavy atom. The maximum absolute atomic E-state index is 13.6. The van der Waals surface area contributed by atoms with E-state index in [1.165, 1.54) is 9.80 Å². The Bertz CT molecular complexity index is 1460. The van der Waals surface area contributed by atoms with Gasteiger partial charge in [0.25, 0.3) is 17.7 Å². The van der Waals surface area contributed by atoms with E-state index in [1.807, 2.05) is 30.3 Å². The molecule has 0 spiro atoms. The summed E-state index contributed by atoms with van der Waals surface area (Å²) in [5, 5.41) is 4.93. The molecular formula is C26H24ClN5O6. The molecule has 1 aromatic heterocycles. The lowest BCUT2D eigenvalue weighted by molar-refractivity contribution is -0.127. The van der Waals surface area contributed by atoms with E-state index in [0.717, 1.165) is 5.56 Å². The Hall–Kier alpha value is -4.25. The van der Waals surface area contributed by atoms with Crippen LogP contribution >= 0.6 is 11.6 Å². The highest BCUT2D eigenvalue weighted by Crippen LogP contribution is 2.43. The Labute approximate surface area is 222 Å². The van der Waals surface area contributed by atoms with E-state index in [0.29, 0.717) is 40.9 Å². The molecule has 0 radical (unpaired) electrons. The number of rotatable bonds is 4. The summed E-state index contributed by atoms with van der Waals surface area (Å²) in [5.74, 6) is -0.324. The molecule has 3 amide bonds. The second kappa shape index (κ2) is 9.25. The fourth-order valence-corrected chi connectivity index (χ4v) is 5.19. The molecule has 0 aliphatic carbocycles. The molecule has 3 aromatic rings. The van der Waals surface area contributed by atoms with Crippen molar-refractivity contribution in [1.29, 1.82) is 0 Å². The zero-order valence-electron chi connectivity index (χ0n) is 20.4. The van der Waals surface area contributed by atoms with Crippen LogP contribution in [-0.4, -0.2) is 71.4 Å². The molecule has 3 aliphatic heterocycles. The van der Waals surface area contributed by atoms with Gasteiger partial charge in [-0.3, -0.25) is 14.4 Å². The number of likely N-dealkylation sites (N-methyl/N-ethyl adjacent to an activating group) is 1. The zero-order valence-corrected chi connectivity index (χ0v) is 21.2. The molecule has 3 aliphatic rings. The second-order valence-corrected chi connectivity index (χ2v) is 9.68. The van der Waals surface area contributed by atoms with Crippen molar-refractivity contribution in [2.45, 2.75) is 25.1 Å². The van der Waals surface area contributed by atoms with E-state index < -0.39 is 18.1 Å². The third-order valence-electron chi connectivity index (χ3n) is 6.98. The third kappa shape index (κ3) is 3.99. The molecule has 196 valence electrons. The van der Waals surface area contributed by atoms with Crippen LogP contribution in [0.3, 0.4) is 0 Å². The molecule has 0 fully saturated rings. The van der Waals surface area contributed by atoms with Crippen LogP contribution < -0.4 is 24.8 Å². The van der Waals surface area contributed by atoms with Crippen LogP contribution in [0.1, 0.15) is 21.6 Å². The number of benzene rings is 2. The maximum atomic E-state index is 13.6. The number of amides is 3. The van der Waals surface area contributed by atoms with Crippen molar-refractivity contribution in [2.75, 3.05) is 31.7 Å². The summed E-state index contributed by atoms with van der Waals surface area (Å²) in [6, 6.07) is 12.0. The van der Waals surface area contributed by atoms with Crippen LogP contribution in [0.4, 0.5) is 5.69 Å². The van der Waals surface area contributed by atoms with Crippen molar-refractivity contribution < 1.29 is 28.6 Å². The number of halogens is 1. The van der Waals surface area contributed by atoms with Gasteiger partial charge >= 0.3 is 0 Å². The fraction of sp³-hybridized carbons (Fsp3) is 0.308. The van der Waals surface area contributed by atoms with Crippen molar-refractivity contribution in [3.8, 4) is 17.2 Å². The van der Waals surface area contributed by atoms with E-state index in [2.05, 4.69) is 5.10 Å². The summed E-state index contributed by atoms with van der Waals surface area (Å²) in [6.07, 6.45) is -0.478. The highest BCUT2D eigenvalue weighted by Gasteiger charge is 2.41. The first kappa shape index (κ1) is 24.1. The van der Waals surface area contributed by atoms with Crippen molar-refractivity contribution in [2.24, 2.45) is 5.73 Å². The van der Waals surface area contributed by atoms with Gasteiger partial charge in [-0.25, -0.2) is 4.68 Å². The van der Waals surface area contributed by atoms with Crippen LogP contribution in [0.2, 0.25) is 5.15 Å². The van der Waals surface area contributed by atoms with Crippen molar-refractivity contribution in [3.63, 3.8) is 0 Å². The molecule has 2 N–H and O–H groups in total. The zero-order chi connectivity index (χ0) is 26.6. The summed E-state index contributed by atoms with van der Waals surface area (Å²) < 4.78 is 18.9. The van der Waals surface area contributed by atoms with E-state index in [1.54, 1.807) is 23.9 Å². The minimum Gasteiger partial charge on any atom is -0.489 e. The van der Waals surface area contributed by atoms with Gasteiger partial charge in [0.2, 0.25) is 6.10 Å². The summed E-state index contributed by atoms with van der Waals surface area (Å²) >= 11 is 6.60. The molecular weight excluding hydrogens is 514 g/mol. The van der Waals surface area contributed by atoms with E-state index in [4.69, 9.17) is 31.5 Å². The number of nitrogens with two attached hydrogens (primary N) is 1. The molecule has 6 rings (SSSR count). The van der Waals surface area contributed by atoms with Crippen LogP contribution in [0.15, 0.2) is 42.5 Å². The first-order valence-electron chi connectivity index (χ1n) is 12.1. The Morgan fingerprint density at radius 1 is 1.11 bits per heavy atom. The van der Waals surface area contributed by atoms with E-state index in [9.17, 15) is 14.4 Å². The molecule has 0 bridgehead atoms. The smallest absolute Gasteiger partial charge is 0.275 e. The number of hydrogen-bond acceptors (Lipinski definition) is 7. The van der Waals surface area contributed by atoms with Gasteiger partial charge in [0.15, 0.2) is 17.2 Å². The molecule has 2 aromatic carbocycles. The van der Waals surface area contributed by atoms with Gasteiger partial charge in [-0.1, -0.05) is 41.9 Å². The minimum atomic E-state index is -0.935. The highest BCUT2D eigenvalue weighted by molar-refractivity contribution is 6.31. The molecule has 11 nitrogen and oxygen atoms in total. The fourth-order valence-electron chi connectivity index (χ4n) is 4.91. The Kier molecular flexibility index (Phi) is 5.87. The molecule has 12 heteroatoms. The lowest BCUT2D eigenvalue weighted by atomic mass is 10.0. The SMILES string of the molecule is CN1C(=O)[C@@H](N2CCc3c(nn(Cc4ccccc4)c3Cl)C2=O)COc2cc3c(cc21)OC(C(N)=O)CO3. The van der Waals surface area contributed by atoms with Gasteiger partial charge in [0, 0.05) is 31.3 Å².